The van der Waals surface area contributed by atoms with Crippen molar-refractivity contribution in [2.45, 2.75) is 20.0 Å². The fourth-order valence-corrected chi connectivity index (χ4v) is 2.40. The molecule has 2 rings (SSSR count). The second-order valence-electron chi connectivity index (χ2n) is 5.30. The van der Waals surface area contributed by atoms with Crippen molar-refractivity contribution in [1.29, 1.82) is 0 Å². The first-order valence-electron chi connectivity index (χ1n) is 6.94. The van der Waals surface area contributed by atoms with Crippen molar-refractivity contribution in [3.63, 3.8) is 0 Å². The molecule has 0 spiro atoms. The molecule has 1 heterocycles. The first-order chi connectivity index (χ1) is 9.15. The molecule has 106 valence electrons. The van der Waals surface area contributed by atoms with Crippen LogP contribution in [0.25, 0.3) is 0 Å². The van der Waals surface area contributed by atoms with Gasteiger partial charge in [-0.3, -0.25) is 0 Å². The van der Waals surface area contributed by atoms with Crippen LogP contribution in [0.1, 0.15) is 11.1 Å². The molecule has 1 atom stereocenters. The van der Waals surface area contributed by atoms with Crippen molar-refractivity contribution < 1.29 is 19.5 Å². The third-order valence-corrected chi connectivity index (χ3v) is 3.49. The molecule has 0 saturated carbocycles. The molecule has 1 aromatic rings. The van der Waals surface area contributed by atoms with E-state index in [0.717, 1.165) is 44.2 Å². The zero-order valence-corrected chi connectivity index (χ0v) is 11.8. The van der Waals surface area contributed by atoms with E-state index in [1.54, 1.807) is 0 Å². The zero-order chi connectivity index (χ0) is 13.7. The summed E-state index contributed by atoms with van der Waals surface area (Å²) in [6, 6.07) is 6.09. The number of aliphatic hydroxyl groups excluding tert-OH is 1. The number of quaternary nitrogens is 1. The molecule has 0 aromatic heterocycles. The van der Waals surface area contributed by atoms with Crippen LogP contribution in [0, 0.1) is 13.8 Å². The van der Waals surface area contributed by atoms with E-state index in [9.17, 15) is 5.11 Å². The van der Waals surface area contributed by atoms with Crippen LogP contribution >= 0.6 is 0 Å². The van der Waals surface area contributed by atoms with Crippen molar-refractivity contribution in [3.05, 3.63) is 29.3 Å². The highest BCUT2D eigenvalue weighted by molar-refractivity contribution is 5.35. The Bertz CT molecular complexity index is 402. The Morgan fingerprint density at radius 1 is 1.32 bits per heavy atom. The van der Waals surface area contributed by atoms with Gasteiger partial charge in [-0.1, -0.05) is 17.7 Å². The summed E-state index contributed by atoms with van der Waals surface area (Å²) in [7, 11) is 0. The number of hydrogen-bond donors (Lipinski definition) is 2. The lowest BCUT2D eigenvalue weighted by atomic mass is 10.1. The minimum Gasteiger partial charge on any atom is -0.490 e. The molecule has 19 heavy (non-hydrogen) atoms. The van der Waals surface area contributed by atoms with Gasteiger partial charge >= 0.3 is 0 Å². The Labute approximate surface area is 114 Å². The Balaban J connectivity index is 1.77. The van der Waals surface area contributed by atoms with Crippen LogP contribution in [0.15, 0.2) is 18.2 Å². The first-order valence-corrected chi connectivity index (χ1v) is 6.94. The lowest BCUT2D eigenvalue weighted by Crippen LogP contribution is -3.15. The summed E-state index contributed by atoms with van der Waals surface area (Å²) in [4.78, 5) is 1.39. The van der Waals surface area contributed by atoms with E-state index in [2.05, 4.69) is 13.0 Å². The molecule has 1 saturated heterocycles. The highest BCUT2D eigenvalue weighted by Crippen LogP contribution is 2.18. The summed E-state index contributed by atoms with van der Waals surface area (Å²) < 4.78 is 11.0. The molecule has 1 fully saturated rings. The molecule has 1 aromatic carbocycles. The summed E-state index contributed by atoms with van der Waals surface area (Å²) in [6.07, 6.45) is -0.422. The van der Waals surface area contributed by atoms with Crippen molar-refractivity contribution in [2.75, 3.05) is 39.5 Å². The lowest BCUT2D eigenvalue weighted by Gasteiger charge is -2.25. The van der Waals surface area contributed by atoms with E-state index in [-0.39, 0.29) is 0 Å². The molecule has 0 bridgehead atoms. The van der Waals surface area contributed by atoms with Gasteiger partial charge in [0, 0.05) is 0 Å². The summed E-state index contributed by atoms with van der Waals surface area (Å²) in [6.45, 7) is 8.71. The second kappa shape index (κ2) is 6.89. The summed E-state index contributed by atoms with van der Waals surface area (Å²) >= 11 is 0. The molecule has 1 aliphatic heterocycles. The normalized spacial score (nSPS) is 18.3. The zero-order valence-electron chi connectivity index (χ0n) is 11.8. The monoisotopic (exact) mass is 266 g/mol. The third-order valence-electron chi connectivity index (χ3n) is 3.49. The van der Waals surface area contributed by atoms with Gasteiger partial charge in [0.1, 0.15) is 38.1 Å². The molecule has 0 unspecified atom stereocenters. The van der Waals surface area contributed by atoms with Crippen LogP contribution in [-0.4, -0.2) is 50.7 Å². The van der Waals surface area contributed by atoms with Crippen LogP contribution in [-0.2, 0) is 4.74 Å². The highest BCUT2D eigenvalue weighted by Gasteiger charge is 2.18. The molecule has 2 N–H and O–H groups in total. The number of rotatable bonds is 5. The van der Waals surface area contributed by atoms with E-state index in [1.807, 2.05) is 19.1 Å². The molecular formula is C15H24NO3+. The van der Waals surface area contributed by atoms with Crippen molar-refractivity contribution in [1.82, 2.24) is 0 Å². The largest absolute Gasteiger partial charge is 0.490 e. The first kappa shape index (κ1) is 14.3. The number of ether oxygens (including phenoxy) is 2. The number of aliphatic hydroxyl groups is 1. The van der Waals surface area contributed by atoms with Gasteiger partial charge in [0.2, 0.25) is 0 Å². The Kier molecular flexibility index (Phi) is 5.19. The number of nitrogens with one attached hydrogen (secondary N) is 1. The lowest BCUT2D eigenvalue weighted by molar-refractivity contribution is -0.911. The third kappa shape index (κ3) is 4.49. The maximum absolute atomic E-state index is 10.0. The molecule has 0 radical (unpaired) electrons. The Morgan fingerprint density at radius 3 is 2.74 bits per heavy atom. The van der Waals surface area contributed by atoms with Crippen molar-refractivity contribution in [2.24, 2.45) is 0 Å². The van der Waals surface area contributed by atoms with Gasteiger partial charge in [-0.05, 0) is 25.5 Å². The quantitative estimate of drug-likeness (QED) is 0.786. The minimum absolute atomic E-state index is 0.355. The number of benzene rings is 1. The van der Waals surface area contributed by atoms with E-state index in [0.29, 0.717) is 6.61 Å². The van der Waals surface area contributed by atoms with Crippen LogP contribution < -0.4 is 9.64 Å². The summed E-state index contributed by atoms with van der Waals surface area (Å²) in [5.74, 6) is 0.863. The second-order valence-corrected chi connectivity index (χ2v) is 5.30. The standard InChI is InChI=1S/C15H23NO3/c1-12-3-4-15(13(2)9-12)19-11-14(17)10-16-5-7-18-8-6-16/h3-4,9,14,17H,5-8,10-11H2,1-2H3/p+1/t14-/m0/s1. The van der Waals surface area contributed by atoms with Crippen LogP contribution in [0.2, 0.25) is 0 Å². The SMILES string of the molecule is Cc1ccc(OC[C@@H](O)C[NH+]2CCOCC2)c(C)c1. The summed E-state index contributed by atoms with van der Waals surface area (Å²) in [5, 5.41) is 10.0. The van der Waals surface area contributed by atoms with Gasteiger partial charge in [0.25, 0.3) is 0 Å². The molecule has 4 nitrogen and oxygen atoms in total. The van der Waals surface area contributed by atoms with Gasteiger partial charge in [-0.15, -0.1) is 0 Å². The predicted octanol–water partition coefficient (Wildman–Crippen LogP) is -0.0418. The van der Waals surface area contributed by atoms with Gasteiger partial charge in [-0.25, -0.2) is 0 Å². The van der Waals surface area contributed by atoms with Crippen molar-refractivity contribution in [3.8, 4) is 5.75 Å². The number of aryl methyl sites for hydroxylation is 2. The van der Waals surface area contributed by atoms with E-state index in [4.69, 9.17) is 9.47 Å². The van der Waals surface area contributed by atoms with E-state index in [1.165, 1.54) is 10.5 Å². The Hall–Kier alpha value is -1.10. The average molecular weight is 266 g/mol. The van der Waals surface area contributed by atoms with Crippen LogP contribution in [0.5, 0.6) is 5.75 Å². The molecular weight excluding hydrogens is 242 g/mol. The summed E-state index contributed by atoms with van der Waals surface area (Å²) in [5.41, 5.74) is 2.34. The van der Waals surface area contributed by atoms with Gasteiger partial charge in [0.05, 0.1) is 13.2 Å². The smallest absolute Gasteiger partial charge is 0.137 e. The number of morpholine rings is 1. The van der Waals surface area contributed by atoms with Crippen LogP contribution in [0.4, 0.5) is 0 Å². The number of hydrogen-bond acceptors (Lipinski definition) is 3. The van der Waals surface area contributed by atoms with Gasteiger partial charge in [-0.2, -0.15) is 0 Å². The molecule has 4 heteroatoms. The highest BCUT2D eigenvalue weighted by atomic mass is 16.5. The minimum atomic E-state index is -0.422. The molecule has 0 amide bonds. The predicted molar refractivity (Wildman–Crippen MR) is 73.8 cm³/mol. The maximum atomic E-state index is 10.0. The van der Waals surface area contributed by atoms with Gasteiger partial charge < -0.3 is 19.5 Å². The van der Waals surface area contributed by atoms with Crippen molar-refractivity contribution >= 4 is 0 Å². The Morgan fingerprint density at radius 2 is 2.05 bits per heavy atom. The fraction of sp³-hybridized carbons (Fsp3) is 0.600. The van der Waals surface area contributed by atoms with E-state index >= 15 is 0 Å². The van der Waals surface area contributed by atoms with Gasteiger partial charge in [0.15, 0.2) is 0 Å². The fourth-order valence-electron chi connectivity index (χ4n) is 2.40. The maximum Gasteiger partial charge on any atom is 0.137 e. The topological polar surface area (TPSA) is 43.1 Å². The average Bonchev–Trinajstić information content (AvgIpc) is 2.39. The molecule has 1 aliphatic rings. The van der Waals surface area contributed by atoms with Crippen LogP contribution in [0.3, 0.4) is 0 Å². The molecule has 0 aliphatic carbocycles. The van der Waals surface area contributed by atoms with E-state index < -0.39 is 6.10 Å².